The Hall–Kier alpha value is -0.920. The second-order valence-corrected chi connectivity index (χ2v) is 6.04. The molecule has 0 aliphatic rings. The van der Waals surface area contributed by atoms with E-state index in [4.69, 9.17) is 0 Å². The Kier molecular flexibility index (Phi) is 4.89. The normalized spacial score (nSPS) is 12.9. The van der Waals surface area contributed by atoms with Gasteiger partial charge in [-0.25, -0.2) is 18.1 Å². The van der Waals surface area contributed by atoms with Crippen LogP contribution >= 0.6 is 0 Å². The minimum Gasteiger partial charge on any atom is -0.389 e. The molecule has 7 heteroatoms. The van der Waals surface area contributed by atoms with Crippen LogP contribution in [-0.2, 0) is 16.4 Å². The zero-order chi connectivity index (χ0) is 13.8. The summed E-state index contributed by atoms with van der Waals surface area (Å²) in [6.45, 7) is 5.53. The lowest BCUT2D eigenvalue weighted by molar-refractivity contribution is 0.0377. The van der Waals surface area contributed by atoms with Gasteiger partial charge in [0.1, 0.15) is 5.82 Å². The van der Waals surface area contributed by atoms with Crippen molar-refractivity contribution in [3.05, 3.63) is 12.0 Å². The molecule has 3 N–H and O–H groups in total. The number of aromatic nitrogens is 2. The van der Waals surface area contributed by atoms with E-state index in [0.717, 1.165) is 0 Å². The summed E-state index contributed by atoms with van der Waals surface area (Å²) in [5, 5.41) is 10.1. The topological polar surface area (TPSA) is 95.1 Å². The molecule has 0 aliphatic heterocycles. The lowest BCUT2D eigenvalue weighted by Crippen LogP contribution is -2.42. The van der Waals surface area contributed by atoms with E-state index in [-0.39, 0.29) is 11.6 Å². The Morgan fingerprint density at radius 3 is 2.44 bits per heavy atom. The number of nitrogens with zero attached hydrogens (tertiary/aromatic N) is 1. The largest absolute Gasteiger partial charge is 0.389 e. The maximum absolute atomic E-state index is 11.9. The highest BCUT2D eigenvalue weighted by molar-refractivity contribution is 7.89. The van der Waals surface area contributed by atoms with E-state index in [0.29, 0.717) is 25.1 Å². The van der Waals surface area contributed by atoms with Crippen molar-refractivity contribution in [1.82, 2.24) is 14.7 Å². The van der Waals surface area contributed by atoms with Crippen molar-refractivity contribution in [3.63, 3.8) is 0 Å². The first-order chi connectivity index (χ1) is 8.37. The van der Waals surface area contributed by atoms with Gasteiger partial charge in [-0.15, -0.1) is 0 Å². The molecule has 0 saturated carbocycles. The Bertz CT molecular complexity index is 477. The van der Waals surface area contributed by atoms with Crippen LogP contribution in [0.1, 0.15) is 39.4 Å². The average molecular weight is 275 g/mol. The summed E-state index contributed by atoms with van der Waals surface area (Å²) in [4.78, 5) is 6.68. The number of nitrogens with one attached hydrogen (secondary N) is 2. The van der Waals surface area contributed by atoms with Crippen molar-refractivity contribution < 1.29 is 13.5 Å². The van der Waals surface area contributed by atoms with Crippen molar-refractivity contribution in [2.75, 3.05) is 6.54 Å². The van der Waals surface area contributed by atoms with Crippen molar-refractivity contribution in [1.29, 1.82) is 0 Å². The van der Waals surface area contributed by atoms with Crippen molar-refractivity contribution in [2.24, 2.45) is 0 Å². The van der Waals surface area contributed by atoms with Gasteiger partial charge in [0.2, 0.25) is 0 Å². The minimum atomic E-state index is -3.63. The monoisotopic (exact) mass is 275 g/mol. The second-order valence-electron chi connectivity index (χ2n) is 4.30. The summed E-state index contributed by atoms with van der Waals surface area (Å²) in [7, 11) is -3.63. The first-order valence-corrected chi connectivity index (χ1v) is 7.61. The van der Waals surface area contributed by atoms with Gasteiger partial charge < -0.3 is 10.1 Å². The van der Waals surface area contributed by atoms with Crippen LogP contribution in [0.25, 0.3) is 0 Å². The van der Waals surface area contributed by atoms with Gasteiger partial charge >= 0.3 is 0 Å². The number of aryl methyl sites for hydroxylation is 1. The summed E-state index contributed by atoms with van der Waals surface area (Å²) in [6.07, 6.45) is 2.92. The highest BCUT2D eigenvalue weighted by Crippen LogP contribution is 2.14. The Morgan fingerprint density at radius 2 is 2.00 bits per heavy atom. The van der Waals surface area contributed by atoms with Crippen molar-refractivity contribution in [2.45, 2.75) is 50.7 Å². The standard InChI is InChI=1S/C11H21N3O3S/c1-4-9-12-7-10(14-9)18(16,17)13-8-11(15,5-2)6-3/h7,13,15H,4-6,8H2,1-3H3,(H,12,14). The smallest absolute Gasteiger partial charge is 0.257 e. The number of aliphatic hydroxyl groups is 1. The van der Waals surface area contributed by atoms with Gasteiger partial charge in [-0.2, -0.15) is 0 Å². The fourth-order valence-electron chi connectivity index (χ4n) is 1.47. The molecule has 1 rings (SSSR count). The third-order valence-corrected chi connectivity index (χ3v) is 4.45. The molecule has 0 radical (unpaired) electrons. The molecule has 0 atom stereocenters. The van der Waals surface area contributed by atoms with Gasteiger partial charge in [0, 0.05) is 13.0 Å². The molecule has 18 heavy (non-hydrogen) atoms. The lowest BCUT2D eigenvalue weighted by Gasteiger charge is -2.24. The SMILES string of the molecule is CCc1ncc(S(=O)(=O)NCC(O)(CC)CC)[nH]1. The summed E-state index contributed by atoms with van der Waals surface area (Å²) >= 11 is 0. The van der Waals surface area contributed by atoms with E-state index in [1.54, 1.807) is 0 Å². The zero-order valence-electron chi connectivity index (χ0n) is 11.0. The highest BCUT2D eigenvalue weighted by atomic mass is 32.2. The van der Waals surface area contributed by atoms with Gasteiger partial charge in [0.25, 0.3) is 10.0 Å². The Balaban J connectivity index is 2.77. The molecule has 1 aromatic heterocycles. The molecular formula is C11H21N3O3S. The van der Waals surface area contributed by atoms with Crippen LogP contribution in [0.15, 0.2) is 11.2 Å². The van der Waals surface area contributed by atoms with E-state index in [1.165, 1.54) is 6.20 Å². The number of hydrogen-bond acceptors (Lipinski definition) is 4. The van der Waals surface area contributed by atoms with Crippen LogP contribution in [0.4, 0.5) is 0 Å². The molecule has 104 valence electrons. The van der Waals surface area contributed by atoms with Crippen molar-refractivity contribution in [3.8, 4) is 0 Å². The third-order valence-electron chi connectivity index (χ3n) is 3.14. The highest BCUT2D eigenvalue weighted by Gasteiger charge is 2.26. The number of hydrogen-bond donors (Lipinski definition) is 3. The predicted octanol–water partition coefficient (Wildman–Crippen LogP) is 0.801. The first kappa shape index (κ1) is 15.1. The van der Waals surface area contributed by atoms with Crippen LogP contribution in [0.2, 0.25) is 0 Å². The maximum atomic E-state index is 11.9. The minimum absolute atomic E-state index is 0.00279. The van der Waals surface area contributed by atoms with Gasteiger partial charge in [0.05, 0.1) is 11.8 Å². The molecule has 0 saturated heterocycles. The summed E-state index contributed by atoms with van der Waals surface area (Å²) < 4.78 is 26.3. The van der Waals surface area contributed by atoms with Crippen LogP contribution in [0, 0.1) is 0 Å². The molecular weight excluding hydrogens is 254 g/mol. The fraction of sp³-hybridized carbons (Fsp3) is 0.727. The average Bonchev–Trinajstić information content (AvgIpc) is 2.85. The van der Waals surface area contributed by atoms with Crippen LogP contribution < -0.4 is 4.72 Å². The molecule has 0 amide bonds. The Labute approximate surface area is 108 Å². The fourth-order valence-corrected chi connectivity index (χ4v) is 2.52. The van der Waals surface area contributed by atoms with E-state index in [2.05, 4.69) is 14.7 Å². The summed E-state index contributed by atoms with van der Waals surface area (Å²) in [5.74, 6) is 0.622. The third kappa shape index (κ3) is 3.54. The van der Waals surface area contributed by atoms with Crippen LogP contribution in [-0.4, -0.2) is 35.6 Å². The molecule has 0 bridgehead atoms. The van der Waals surface area contributed by atoms with Crippen molar-refractivity contribution >= 4 is 10.0 Å². The summed E-state index contributed by atoms with van der Waals surface area (Å²) in [6, 6.07) is 0. The molecule has 0 spiro atoms. The van der Waals surface area contributed by atoms with Crippen LogP contribution in [0.5, 0.6) is 0 Å². The number of rotatable bonds is 7. The van der Waals surface area contributed by atoms with E-state index in [1.807, 2.05) is 20.8 Å². The number of sulfonamides is 1. The molecule has 1 heterocycles. The van der Waals surface area contributed by atoms with Crippen LogP contribution in [0.3, 0.4) is 0 Å². The maximum Gasteiger partial charge on any atom is 0.257 e. The quantitative estimate of drug-likeness (QED) is 0.686. The lowest BCUT2D eigenvalue weighted by atomic mass is 9.98. The van der Waals surface area contributed by atoms with E-state index in [9.17, 15) is 13.5 Å². The molecule has 0 aliphatic carbocycles. The molecule has 0 unspecified atom stereocenters. The van der Waals surface area contributed by atoms with E-state index >= 15 is 0 Å². The van der Waals surface area contributed by atoms with Gasteiger partial charge in [-0.1, -0.05) is 20.8 Å². The second kappa shape index (κ2) is 5.81. The van der Waals surface area contributed by atoms with Gasteiger partial charge in [0.15, 0.2) is 5.03 Å². The summed E-state index contributed by atoms with van der Waals surface area (Å²) in [5.41, 5.74) is -0.999. The zero-order valence-corrected chi connectivity index (χ0v) is 11.8. The number of H-pyrrole nitrogens is 1. The molecule has 1 aromatic rings. The predicted molar refractivity (Wildman–Crippen MR) is 68.7 cm³/mol. The number of aromatic amines is 1. The Morgan fingerprint density at radius 1 is 1.39 bits per heavy atom. The van der Waals surface area contributed by atoms with Gasteiger partial charge in [-0.3, -0.25) is 0 Å². The molecule has 0 fully saturated rings. The number of imidazole rings is 1. The van der Waals surface area contributed by atoms with Gasteiger partial charge in [-0.05, 0) is 12.8 Å². The first-order valence-electron chi connectivity index (χ1n) is 6.12. The molecule has 6 nitrogen and oxygen atoms in total. The van der Waals surface area contributed by atoms with E-state index < -0.39 is 15.6 Å². The molecule has 0 aromatic carbocycles.